The summed E-state index contributed by atoms with van der Waals surface area (Å²) >= 11 is 6.14. The van der Waals surface area contributed by atoms with E-state index >= 15 is 0 Å². The minimum Gasteiger partial charge on any atom is -0.489 e. The Balaban J connectivity index is 1.61. The summed E-state index contributed by atoms with van der Waals surface area (Å²) in [5, 5.41) is 13.1. The van der Waals surface area contributed by atoms with E-state index in [-0.39, 0.29) is 17.5 Å². The van der Waals surface area contributed by atoms with Crippen molar-refractivity contribution in [1.29, 1.82) is 5.26 Å². The molecule has 0 unspecified atom stereocenters. The van der Waals surface area contributed by atoms with E-state index in [2.05, 4.69) is 12.2 Å². The van der Waals surface area contributed by atoms with Crippen molar-refractivity contribution in [1.82, 2.24) is 5.32 Å². The molecule has 1 aliphatic rings. The van der Waals surface area contributed by atoms with Gasteiger partial charge in [-0.15, -0.1) is 0 Å². The summed E-state index contributed by atoms with van der Waals surface area (Å²) in [6.45, 7) is 2.53. The molecule has 0 saturated heterocycles. The number of benzene rings is 2. The van der Waals surface area contributed by atoms with Gasteiger partial charge >= 0.3 is 0 Å². The zero-order chi connectivity index (χ0) is 20.6. The molecule has 1 N–H and O–H groups in total. The highest BCUT2D eigenvalue weighted by Crippen LogP contribution is 2.24. The van der Waals surface area contributed by atoms with E-state index in [9.17, 15) is 10.1 Å². The quantitative estimate of drug-likeness (QED) is 0.505. The molecule has 0 radical (unpaired) electrons. The predicted octanol–water partition coefficient (Wildman–Crippen LogP) is 5.52. The normalized spacial score (nSPS) is 19.3. The van der Waals surface area contributed by atoms with Crippen LogP contribution in [0.15, 0.2) is 54.1 Å². The molecule has 29 heavy (non-hydrogen) atoms. The van der Waals surface area contributed by atoms with Crippen LogP contribution in [0.25, 0.3) is 6.08 Å². The first-order valence-electron chi connectivity index (χ1n) is 9.95. The molecule has 1 fully saturated rings. The molecule has 2 atom stereocenters. The molecule has 1 aliphatic carbocycles. The molecule has 2 aromatic rings. The molecule has 0 aromatic heterocycles. The summed E-state index contributed by atoms with van der Waals surface area (Å²) in [4.78, 5) is 12.5. The number of hydrogen-bond donors (Lipinski definition) is 1. The third-order valence-electron chi connectivity index (χ3n) is 5.34. The number of ether oxygens (including phenoxy) is 1. The third kappa shape index (κ3) is 5.85. The number of carbonyl (C=O) groups excluding carboxylic acids is 1. The van der Waals surface area contributed by atoms with Crippen LogP contribution in [0, 0.1) is 17.2 Å². The molecule has 3 rings (SSSR count). The molecule has 4 nitrogen and oxygen atoms in total. The van der Waals surface area contributed by atoms with Gasteiger partial charge < -0.3 is 10.1 Å². The molecule has 150 valence electrons. The zero-order valence-corrected chi connectivity index (χ0v) is 17.3. The lowest BCUT2D eigenvalue weighted by Gasteiger charge is -2.29. The Labute approximate surface area is 177 Å². The molecule has 1 amide bonds. The number of nitrogens with zero attached hydrogens (tertiary/aromatic N) is 1. The highest BCUT2D eigenvalue weighted by molar-refractivity contribution is 6.31. The van der Waals surface area contributed by atoms with Gasteiger partial charge in [-0.05, 0) is 48.6 Å². The van der Waals surface area contributed by atoms with Crippen LogP contribution in [0.1, 0.15) is 43.7 Å². The zero-order valence-electron chi connectivity index (χ0n) is 16.5. The molecule has 5 heteroatoms. The van der Waals surface area contributed by atoms with Gasteiger partial charge in [-0.1, -0.05) is 61.7 Å². The van der Waals surface area contributed by atoms with Crippen LogP contribution in [0.2, 0.25) is 5.02 Å². The summed E-state index contributed by atoms with van der Waals surface area (Å²) in [6, 6.07) is 17.0. The first-order valence-corrected chi connectivity index (χ1v) is 10.3. The average molecular weight is 409 g/mol. The van der Waals surface area contributed by atoms with E-state index in [1.165, 1.54) is 6.42 Å². The fourth-order valence-electron chi connectivity index (χ4n) is 3.53. The summed E-state index contributed by atoms with van der Waals surface area (Å²) < 4.78 is 5.77. The van der Waals surface area contributed by atoms with Crippen molar-refractivity contribution in [3.05, 3.63) is 70.3 Å². The van der Waals surface area contributed by atoms with E-state index in [0.717, 1.165) is 30.4 Å². The van der Waals surface area contributed by atoms with E-state index in [1.807, 2.05) is 54.6 Å². The summed E-state index contributed by atoms with van der Waals surface area (Å²) in [6.07, 6.45) is 6.03. The third-order valence-corrected chi connectivity index (χ3v) is 5.71. The van der Waals surface area contributed by atoms with Gasteiger partial charge in [-0.3, -0.25) is 4.79 Å². The average Bonchev–Trinajstić information content (AvgIpc) is 2.74. The van der Waals surface area contributed by atoms with Gasteiger partial charge in [0.2, 0.25) is 0 Å². The van der Waals surface area contributed by atoms with Crippen LogP contribution < -0.4 is 10.1 Å². The molecule has 2 aromatic carbocycles. The van der Waals surface area contributed by atoms with Gasteiger partial charge in [0, 0.05) is 16.6 Å². The van der Waals surface area contributed by atoms with Gasteiger partial charge in [-0.2, -0.15) is 5.26 Å². The van der Waals surface area contributed by atoms with Crippen molar-refractivity contribution < 1.29 is 9.53 Å². The van der Waals surface area contributed by atoms with Gasteiger partial charge in [0.1, 0.15) is 24.0 Å². The maximum absolute atomic E-state index is 12.5. The van der Waals surface area contributed by atoms with Crippen molar-refractivity contribution >= 4 is 23.6 Å². The number of nitrogens with one attached hydrogen (secondary N) is 1. The Bertz CT molecular complexity index is 915. The lowest BCUT2D eigenvalue weighted by atomic mass is 9.86. The SMILES string of the molecule is C[C@@H]1CCCC[C@H]1NC(=O)/C(C#N)=C/c1ccc(OCc2ccccc2Cl)cc1. The number of carbonyl (C=O) groups is 1. The number of halogens is 1. The number of nitriles is 1. The topological polar surface area (TPSA) is 62.1 Å². The van der Waals surface area contributed by atoms with Crippen molar-refractivity contribution in [2.24, 2.45) is 5.92 Å². The second kappa shape index (κ2) is 10.1. The number of amides is 1. The van der Waals surface area contributed by atoms with Crippen LogP contribution in [0.4, 0.5) is 0 Å². The Kier molecular flexibility index (Phi) is 7.32. The summed E-state index contributed by atoms with van der Waals surface area (Å²) in [5.74, 6) is 0.841. The fourth-order valence-corrected chi connectivity index (χ4v) is 3.72. The summed E-state index contributed by atoms with van der Waals surface area (Å²) in [7, 11) is 0. The first-order chi connectivity index (χ1) is 14.1. The largest absolute Gasteiger partial charge is 0.489 e. The van der Waals surface area contributed by atoms with Gasteiger partial charge in [-0.25, -0.2) is 0 Å². The number of hydrogen-bond acceptors (Lipinski definition) is 3. The summed E-state index contributed by atoms with van der Waals surface area (Å²) in [5.41, 5.74) is 1.81. The molecule has 0 spiro atoms. The van der Waals surface area contributed by atoms with Crippen molar-refractivity contribution in [2.75, 3.05) is 0 Å². The molecule has 0 bridgehead atoms. The number of rotatable bonds is 6. The smallest absolute Gasteiger partial charge is 0.262 e. The highest BCUT2D eigenvalue weighted by atomic mass is 35.5. The lowest BCUT2D eigenvalue weighted by molar-refractivity contribution is -0.118. The molecule has 0 heterocycles. The second-order valence-electron chi connectivity index (χ2n) is 7.46. The Morgan fingerprint density at radius 3 is 2.62 bits per heavy atom. The fraction of sp³-hybridized carbons (Fsp3) is 0.333. The molecule has 1 saturated carbocycles. The predicted molar refractivity (Wildman–Crippen MR) is 115 cm³/mol. The van der Waals surface area contributed by atoms with Gasteiger partial charge in [0.05, 0.1) is 0 Å². The second-order valence-corrected chi connectivity index (χ2v) is 7.87. The van der Waals surface area contributed by atoms with Crippen molar-refractivity contribution in [3.8, 4) is 11.8 Å². The van der Waals surface area contributed by atoms with E-state index < -0.39 is 0 Å². The van der Waals surface area contributed by atoms with Crippen LogP contribution >= 0.6 is 11.6 Å². The van der Waals surface area contributed by atoms with Crippen molar-refractivity contribution in [3.63, 3.8) is 0 Å². The van der Waals surface area contributed by atoms with Crippen LogP contribution in [-0.4, -0.2) is 11.9 Å². The van der Waals surface area contributed by atoms with Crippen molar-refractivity contribution in [2.45, 2.75) is 45.3 Å². The maximum Gasteiger partial charge on any atom is 0.262 e. The monoisotopic (exact) mass is 408 g/mol. The molecular formula is C24H25ClN2O2. The minimum atomic E-state index is -0.301. The Morgan fingerprint density at radius 2 is 1.93 bits per heavy atom. The van der Waals surface area contributed by atoms with E-state index in [4.69, 9.17) is 16.3 Å². The minimum absolute atomic E-state index is 0.118. The molecule has 0 aliphatic heterocycles. The van der Waals surface area contributed by atoms with Crippen LogP contribution in [-0.2, 0) is 11.4 Å². The van der Waals surface area contributed by atoms with E-state index in [0.29, 0.717) is 23.3 Å². The lowest BCUT2D eigenvalue weighted by Crippen LogP contribution is -2.41. The Hall–Kier alpha value is -2.77. The first kappa shape index (κ1) is 21.0. The van der Waals surface area contributed by atoms with Crippen LogP contribution in [0.3, 0.4) is 0 Å². The Morgan fingerprint density at radius 1 is 1.21 bits per heavy atom. The van der Waals surface area contributed by atoms with Gasteiger partial charge in [0.15, 0.2) is 0 Å². The highest BCUT2D eigenvalue weighted by Gasteiger charge is 2.24. The van der Waals surface area contributed by atoms with E-state index in [1.54, 1.807) is 6.08 Å². The molecular weight excluding hydrogens is 384 g/mol. The maximum atomic E-state index is 12.5. The van der Waals surface area contributed by atoms with Crippen LogP contribution in [0.5, 0.6) is 5.75 Å². The standard InChI is InChI=1S/C24H25ClN2O2/c1-17-6-2-5-9-23(17)27-24(28)20(15-26)14-18-10-12-21(13-11-18)29-16-19-7-3-4-8-22(19)25/h3-4,7-8,10-14,17,23H,2,5-6,9,16H2,1H3,(H,27,28)/b20-14+/t17-,23-/m1/s1. The van der Waals surface area contributed by atoms with Gasteiger partial charge in [0.25, 0.3) is 5.91 Å².